The number of aliphatic hydroxyl groups is 1. The zero-order valence-electron chi connectivity index (χ0n) is 14.6. The van der Waals surface area contributed by atoms with Crippen LogP contribution in [0.4, 0.5) is 4.39 Å². The second kappa shape index (κ2) is 7.42. The fourth-order valence-corrected chi connectivity index (χ4v) is 4.05. The van der Waals surface area contributed by atoms with E-state index in [2.05, 4.69) is 21.9 Å². The van der Waals surface area contributed by atoms with Crippen LogP contribution in [0.2, 0.25) is 5.02 Å². The molecule has 0 saturated carbocycles. The lowest BCUT2D eigenvalue weighted by molar-refractivity contribution is -0.0702. The maximum Gasteiger partial charge on any atom is 0.123 e. The minimum absolute atomic E-state index is 0.288. The van der Waals surface area contributed by atoms with Gasteiger partial charge in [-0.2, -0.15) is 0 Å². The monoisotopic (exact) mass is 362 g/mol. The fourth-order valence-electron chi connectivity index (χ4n) is 3.87. The number of benzene rings is 2. The van der Waals surface area contributed by atoms with E-state index in [4.69, 9.17) is 11.6 Å². The van der Waals surface area contributed by atoms with Crippen molar-refractivity contribution in [3.8, 4) is 0 Å². The van der Waals surface area contributed by atoms with E-state index in [0.29, 0.717) is 18.1 Å². The average molecular weight is 363 g/mol. The van der Waals surface area contributed by atoms with Gasteiger partial charge in [0.25, 0.3) is 0 Å². The molecule has 1 heterocycles. The Balaban J connectivity index is 1.80. The van der Waals surface area contributed by atoms with Gasteiger partial charge in [-0.25, -0.2) is 4.39 Å². The Morgan fingerprint density at radius 1 is 1.24 bits per heavy atom. The molecule has 3 rings (SSSR count). The third kappa shape index (κ3) is 3.58. The SMILES string of the molecule is CN(C)[C@]1(c2ccccc2)CCN(Cc2cc(F)ccc2Cl)C[C@H]1O. The van der Waals surface area contributed by atoms with Crippen LogP contribution in [0.5, 0.6) is 0 Å². The van der Waals surface area contributed by atoms with E-state index in [1.165, 1.54) is 12.1 Å². The van der Waals surface area contributed by atoms with Crippen LogP contribution in [0, 0.1) is 5.82 Å². The van der Waals surface area contributed by atoms with Crippen molar-refractivity contribution >= 4 is 11.6 Å². The van der Waals surface area contributed by atoms with E-state index < -0.39 is 11.6 Å². The Morgan fingerprint density at radius 3 is 2.60 bits per heavy atom. The highest BCUT2D eigenvalue weighted by Gasteiger charge is 2.45. The molecule has 0 spiro atoms. The molecule has 1 saturated heterocycles. The first kappa shape index (κ1) is 18.3. The Labute approximate surface area is 153 Å². The summed E-state index contributed by atoms with van der Waals surface area (Å²) in [4.78, 5) is 4.25. The minimum atomic E-state index is -0.550. The molecular weight excluding hydrogens is 339 g/mol. The molecule has 5 heteroatoms. The van der Waals surface area contributed by atoms with Gasteiger partial charge in [0.2, 0.25) is 0 Å². The summed E-state index contributed by atoms with van der Waals surface area (Å²) in [5, 5.41) is 11.6. The predicted octanol–water partition coefficient (Wildman–Crippen LogP) is 3.50. The summed E-state index contributed by atoms with van der Waals surface area (Å²) < 4.78 is 13.5. The largest absolute Gasteiger partial charge is 0.389 e. The first-order chi connectivity index (χ1) is 11.9. The lowest BCUT2D eigenvalue weighted by atomic mass is 9.77. The number of hydrogen-bond acceptors (Lipinski definition) is 3. The molecule has 25 heavy (non-hydrogen) atoms. The van der Waals surface area contributed by atoms with Crippen molar-refractivity contribution in [3.63, 3.8) is 0 Å². The van der Waals surface area contributed by atoms with E-state index in [1.807, 2.05) is 32.3 Å². The zero-order valence-corrected chi connectivity index (χ0v) is 15.4. The fraction of sp³-hybridized carbons (Fsp3) is 0.400. The standard InChI is InChI=1S/C20H24ClFN2O/c1-23(2)20(16-6-4-3-5-7-16)10-11-24(14-19(20)25)13-15-12-17(22)8-9-18(15)21/h3-9,12,19,25H,10-11,13-14H2,1-2H3/t19-,20+/m1/s1. The van der Waals surface area contributed by atoms with Crippen molar-refractivity contribution in [2.75, 3.05) is 27.2 Å². The molecule has 1 aliphatic heterocycles. The van der Waals surface area contributed by atoms with Crippen molar-refractivity contribution in [2.45, 2.75) is 24.6 Å². The summed E-state index contributed by atoms with van der Waals surface area (Å²) in [6.45, 7) is 1.85. The number of halogens is 2. The highest BCUT2D eigenvalue weighted by atomic mass is 35.5. The lowest BCUT2D eigenvalue weighted by Crippen LogP contribution is -2.59. The van der Waals surface area contributed by atoms with Crippen LogP contribution in [0.15, 0.2) is 48.5 Å². The molecule has 1 fully saturated rings. The average Bonchev–Trinajstić information content (AvgIpc) is 2.59. The van der Waals surface area contributed by atoms with E-state index in [-0.39, 0.29) is 5.82 Å². The van der Waals surface area contributed by atoms with Gasteiger partial charge >= 0.3 is 0 Å². The van der Waals surface area contributed by atoms with Crippen LogP contribution in [0.3, 0.4) is 0 Å². The number of hydrogen-bond donors (Lipinski definition) is 1. The van der Waals surface area contributed by atoms with Gasteiger partial charge in [-0.15, -0.1) is 0 Å². The van der Waals surface area contributed by atoms with Crippen molar-refractivity contribution in [2.24, 2.45) is 0 Å². The molecule has 0 radical (unpaired) electrons. The topological polar surface area (TPSA) is 26.7 Å². The smallest absolute Gasteiger partial charge is 0.123 e. The van der Waals surface area contributed by atoms with Crippen molar-refractivity contribution < 1.29 is 9.50 Å². The maximum atomic E-state index is 13.5. The summed E-state index contributed by atoms with van der Waals surface area (Å²) >= 11 is 6.19. The molecular formula is C20H24ClFN2O. The van der Waals surface area contributed by atoms with Gasteiger partial charge in [-0.3, -0.25) is 9.80 Å². The molecule has 2 aromatic rings. The molecule has 3 nitrogen and oxygen atoms in total. The summed E-state index contributed by atoms with van der Waals surface area (Å²) in [6.07, 6.45) is 0.240. The van der Waals surface area contributed by atoms with Crippen molar-refractivity contribution in [1.82, 2.24) is 9.80 Å². The van der Waals surface area contributed by atoms with Gasteiger partial charge < -0.3 is 5.11 Å². The number of likely N-dealkylation sites (tertiary alicyclic amines) is 1. The number of β-amino-alcohol motifs (C(OH)–C–C–N with tert-alkyl or cyclic N) is 1. The molecule has 0 bridgehead atoms. The van der Waals surface area contributed by atoms with Crippen LogP contribution < -0.4 is 0 Å². The summed E-state index contributed by atoms with van der Waals surface area (Å²) in [6, 6.07) is 14.6. The third-order valence-electron chi connectivity index (χ3n) is 5.26. The predicted molar refractivity (Wildman–Crippen MR) is 99.1 cm³/mol. The van der Waals surface area contributed by atoms with Crippen LogP contribution in [-0.4, -0.2) is 48.2 Å². The van der Waals surface area contributed by atoms with E-state index in [9.17, 15) is 9.50 Å². The quantitative estimate of drug-likeness (QED) is 0.901. The first-order valence-corrected chi connectivity index (χ1v) is 8.88. The van der Waals surface area contributed by atoms with Gasteiger partial charge in [0, 0.05) is 24.7 Å². The molecule has 2 atom stereocenters. The van der Waals surface area contributed by atoms with Crippen LogP contribution in [0.25, 0.3) is 0 Å². The van der Waals surface area contributed by atoms with Gasteiger partial charge in [0.1, 0.15) is 5.82 Å². The Bertz CT molecular complexity index is 725. The minimum Gasteiger partial charge on any atom is -0.389 e. The summed E-state index contributed by atoms with van der Waals surface area (Å²) in [7, 11) is 4.02. The second-order valence-corrected chi connectivity index (χ2v) is 7.33. The molecule has 1 aliphatic rings. The lowest BCUT2D eigenvalue weighted by Gasteiger charge is -2.50. The van der Waals surface area contributed by atoms with Gasteiger partial charge in [-0.05, 0) is 49.8 Å². The molecule has 0 aliphatic carbocycles. The van der Waals surface area contributed by atoms with Crippen LogP contribution >= 0.6 is 11.6 Å². The highest BCUT2D eigenvalue weighted by molar-refractivity contribution is 6.31. The molecule has 0 unspecified atom stereocenters. The van der Waals surface area contributed by atoms with E-state index in [0.717, 1.165) is 24.1 Å². The van der Waals surface area contributed by atoms with Gasteiger partial charge in [0.15, 0.2) is 0 Å². The van der Waals surface area contributed by atoms with E-state index >= 15 is 0 Å². The van der Waals surface area contributed by atoms with Gasteiger partial charge in [-0.1, -0.05) is 41.9 Å². The summed E-state index contributed by atoms with van der Waals surface area (Å²) in [5.41, 5.74) is 1.46. The van der Waals surface area contributed by atoms with E-state index in [1.54, 1.807) is 6.07 Å². The number of piperidine rings is 1. The third-order valence-corrected chi connectivity index (χ3v) is 5.63. The Hall–Kier alpha value is -1.46. The number of nitrogens with zero attached hydrogens (tertiary/aromatic N) is 2. The highest BCUT2D eigenvalue weighted by Crippen LogP contribution is 2.38. The molecule has 1 N–H and O–H groups in total. The second-order valence-electron chi connectivity index (χ2n) is 6.92. The Kier molecular flexibility index (Phi) is 5.44. The normalized spacial score (nSPS) is 24.6. The summed E-state index contributed by atoms with van der Waals surface area (Å²) in [5.74, 6) is -0.288. The number of likely N-dealkylation sites (N-methyl/N-ethyl adjacent to an activating group) is 1. The van der Waals surface area contributed by atoms with Crippen LogP contribution in [-0.2, 0) is 12.1 Å². The molecule has 0 amide bonds. The zero-order chi connectivity index (χ0) is 18.0. The van der Waals surface area contributed by atoms with Crippen LogP contribution in [0.1, 0.15) is 17.5 Å². The molecule has 134 valence electrons. The first-order valence-electron chi connectivity index (χ1n) is 8.51. The molecule has 2 aromatic carbocycles. The number of rotatable bonds is 4. The van der Waals surface area contributed by atoms with Crippen molar-refractivity contribution in [1.29, 1.82) is 0 Å². The molecule has 0 aromatic heterocycles. The number of aliphatic hydroxyl groups excluding tert-OH is 1. The maximum absolute atomic E-state index is 13.5. The Morgan fingerprint density at radius 2 is 1.96 bits per heavy atom. The van der Waals surface area contributed by atoms with Crippen molar-refractivity contribution in [3.05, 3.63) is 70.5 Å². The van der Waals surface area contributed by atoms with Gasteiger partial charge in [0.05, 0.1) is 11.6 Å².